The minimum atomic E-state index is -0.238. The molecule has 0 aromatic heterocycles. The third kappa shape index (κ3) is 4.20. The van der Waals surface area contributed by atoms with Crippen LogP contribution in [0.3, 0.4) is 0 Å². The number of rotatable bonds is 5. The van der Waals surface area contributed by atoms with Gasteiger partial charge in [0.2, 0.25) is 0 Å². The molecule has 20 heavy (non-hydrogen) atoms. The third-order valence-corrected chi connectivity index (χ3v) is 3.82. The lowest BCUT2D eigenvalue weighted by molar-refractivity contribution is 0.0778. The standard InChI is InChI=1S/C16H26N2O2/c1-13-4-5-16(20-3)15(10-13)12-18-8-6-17(7-9-18)11-14(2)19/h4-5,10,14,19H,6-9,11-12H2,1-3H3/t14-/m0/s1. The number of β-amino-alcohol motifs (C(OH)–C–C–N with tert-alkyl or cyclic N) is 1. The molecule has 2 rings (SSSR count). The summed E-state index contributed by atoms with van der Waals surface area (Å²) in [5.74, 6) is 0.974. The van der Waals surface area contributed by atoms with Gasteiger partial charge in [-0.1, -0.05) is 17.7 Å². The van der Waals surface area contributed by atoms with Crippen LogP contribution in [-0.2, 0) is 6.54 Å². The van der Waals surface area contributed by atoms with Crippen molar-refractivity contribution in [3.8, 4) is 5.75 Å². The van der Waals surface area contributed by atoms with E-state index in [9.17, 15) is 5.11 Å². The van der Waals surface area contributed by atoms with Crippen molar-refractivity contribution in [2.24, 2.45) is 0 Å². The van der Waals surface area contributed by atoms with E-state index in [-0.39, 0.29) is 6.10 Å². The Kier molecular flexibility index (Phi) is 5.40. The molecule has 0 bridgehead atoms. The Hall–Kier alpha value is -1.10. The molecule has 0 unspecified atom stereocenters. The van der Waals surface area contributed by atoms with Crippen LogP contribution >= 0.6 is 0 Å². The molecule has 1 fully saturated rings. The second-order valence-electron chi connectivity index (χ2n) is 5.74. The van der Waals surface area contributed by atoms with Gasteiger partial charge in [-0.2, -0.15) is 0 Å². The first-order valence-electron chi connectivity index (χ1n) is 7.35. The molecule has 0 saturated carbocycles. The molecule has 112 valence electrons. The van der Waals surface area contributed by atoms with Gasteiger partial charge in [0, 0.05) is 44.8 Å². The molecule has 1 aliphatic heterocycles. The molecule has 1 aromatic rings. The summed E-state index contributed by atoms with van der Waals surface area (Å²) in [6, 6.07) is 6.35. The minimum Gasteiger partial charge on any atom is -0.496 e. The van der Waals surface area contributed by atoms with Gasteiger partial charge in [-0.3, -0.25) is 9.80 Å². The van der Waals surface area contributed by atoms with E-state index in [2.05, 4.69) is 28.9 Å². The van der Waals surface area contributed by atoms with Crippen molar-refractivity contribution in [3.05, 3.63) is 29.3 Å². The smallest absolute Gasteiger partial charge is 0.123 e. The van der Waals surface area contributed by atoms with Crippen LogP contribution < -0.4 is 4.74 Å². The summed E-state index contributed by atoms with van der Waals surface area (Å²) in [5.41, 5.74) is 2.53. The van der Waals surface area contributed by atoms with Gasteiger partial charge in [-0.25, -0.2) is 0 Å². The van der Waals surface area contributed by atoms with Crippen LogP contribution in [0, 0.1) is 6.92 Å². The summed E-state index contributed by atoms with van der Waals surface area (Å²) in [5, 5.41) is 9.43. The number of nitrogens with zero attached hydrogens (tertiary/aromatic N) is 2. The predicted octanol–water partition coefficient (Wildman–Crippen LogP) is 1.50. The summed E-state index contributed by atoms with van der Waals surface area (Å²) in [4.78, 5) is 4.78. The predicted molar refractivity (Wildman–Crippen MR) is 81.1 cm³/mol. The fraction of sp³-hybridized carbons (Fsp3) is 0.625. The maximum atomic E-state index is 9.43. The second kappa shape index (κ2) is 7.07. The number of aryl methyl sites for hydroxylation is 1. The van der Waals surface area contributed by atoms with E-state index in [0.717, 1.165) is 45.0 Å². The van der Waals surface area contributed by atoms with Crippen LogP contribution in [0.25, 0.3) is 0 Å². The number of methoxy groups -OCH3 is 1. The SMILES string of the molecule is COc1ccc(C)cc1CN1CCN(C[C@H](C)O)CC1. The number of hydrogen-bond donors (Lipinski definition) is 1. The average molecular weight is 278 g/mol. The van der Waals surface area contributed by atoms with Crippen molar-refractivity contribution in [3.63, 3.8) is 0 Å². The lowest BCUT2D eigenvalue weighted by Gasteiger charge is -2.35. The lowest BCUT2D eigenvalue weighted by atomic mass is 10.1. The largest absolute Gasteiger partial charge is 0.496 e. The van der Waals surface area contributed by atoms with Gasteiger partial charge in [0.25, 0.3) is 0 Å². The van der Waals surface area contributed by atoms with Gasteiger partial charge >= 0.3 is 0 Å². The summed E-state index contributed by atoms with van der Waals surface area (Å²) < 4.78 is 5.45. The zero-order valence-electron chi connectivity index (χ0n) is 12.8. The molecule has 1 aromatic carbocycles. The monoisotopic (exact) mass is 278 g/mol. The van der Waals surface area contributed by atoms with Crippen molar-refractivity contribution in [1.82, 2.24) is 9.80 Å². The summed E-state index contributed by atoms with van der Waals surface area (Å²) in [6.45, 7) is 9.83. The Bertz CT molecular complexity index is 426. The molecule has 1 saturated heterocycles. The van der Waals surface area contributed by atoms with Gasteiger partial charge in [-0.15, -0.1) is 0 Å². The molecule has 0 aliphatic carbocycles. The quantitative estimate of drug-likeness (QED) is 0.885. The van der Waals surface area contributed by atoms with Crippen molar-refractivity contribution in [2.45, 2.75) is 26.5 Å². The van der Waals surface area contributed by atoms with Gasteiger partial charge in [0.15, 0.2) is 0 Å². The minimum absolute atomic E-state index is 0.238. The number of ether oxygens (including phenoxy) is 1. The zero-order chi connectivity index (χ0) is 14.5. The molecular weight excluding hydrogens is 252 g/mol. The van der Waals surface area contributed by atoms with Crippen LogP contribution in [0.5, 0.6) is 5.75 Å². The number of benzene rings is 1. The Morgan fingerprint density at radius 3 is 2.45 bits per heavy atom. The maximum absolute atomic E-state index is 9.43. The highest BCUT2D eigenvalue weighted by Gasteiger charge is 2.18. The Labute approximate surface area is 122 Å². The third-order valence-electron chi connectivity index (χ3n) is 3.82. The number of aliphatic hydroxyl groups is 1. The highest BCUT2D eigenvalue weighted by molar-refractivity contribution is 5.36. The summed E-state index contributed by atoms with van der Waals surface area (Å²) in [7, 11) is 1.73. The van der Waals surface area contributed by atoms with Crippen LogP contribution in [0.1, 0.15) is 18.1 Å². The fourth-order valence-electron chi connectivity index (χ4n) is 2.78. The van der Waals surface area contributed by atoms with E-state index in [0.29, 0.717) is 0 Å². The number of piperazine rings is 1. The Balaban J connectivity index is 1.91. The van der Waals surface area contributed by atoms with Crippen LogP contribution in [0.15, 0.2) is 18.2 Å². The van der Waals surface area contributed by atoms with Crippen LogP contribution in [-0.4, -0.2) is 60.8 Å². The van der Waals surface area contributed by atoms with E-state index in [4.69, 9.17) is 4.74 Å². The van der Waals surface area contributed by atoms with E-state index in [1.165, 1.54) is 11.1 Å². The lowest BCUT2D eigenvalue weighted by Crippen LogP contribution is -2.47. The molecule has 4 nitrogen and oxygen atoms in total. The first-order valence-corrected chi connectivity index (χ1v) is 7.35. The molecule has 1 N–H and O–H groups in total. The molecular formula is C16H26N2O2. The van der Waals surface area contributed by atoms with Gasteiger partial charge in [-0.05, 0) is 19.9 Å². The first-order chi connectivity index (χ1) is 9.58. The van der Waals surface area contributed by atoms with Crippen LogP contribution in [0.4, 0.5) is 0 Å². The Morgan fingerprint density at radius 2 is 1.85 bits per heavy atom. The van der Waals surface area contributed by atoms with Crippen LogP contribution in [0.2, 0.25) is 0 Å². The molecule has 1 aliphatic rings. The molecule has 0 radical (unpaired) electrons. The highest BCUT2D eigenvalue weighted by atomic mass is 16.5. The van der Waals surface area contributed by atoms with Crippen molar-refractivity contribution >= 4 is 0 Å². The van der Waals surface area contributed by atoms with E-state index in [1.807, 2.05) is 13.0 Å². The van der Waals surface area contributed by atoms with Gasteiger partial charge in [0.05, 0.1) is 13.2 Å². The maximum Gasteiger partial charge on any atom is 0.123 e. The molecule has 4 heteroatoms. The van der Waals surface area contributed by atoms with Crippen molar-refractivity contribution < 1.29 is 9.84 Å². The molecule has 1 atom stereocenters. The number of aliphatic hydroxyl groups excluding tert-OH is 1. The van der Waals surface area contributed by atoms with E-state index < -0.39 is 0 Å². The Morgan fingerprint density at radius 1 is 1.20 bits per heavy atom. The average Bonchev–Trinajstić information content (AvgIpc) is 2.41. The molecule has 1 heterocycles. The summed E-state index contributed by atoms with van der Waals surface area (Å²) >= 11 is 0. The highest BCUT2D eigenvalue weighted by Crippen LogP contribution is 2.21. The van der Waals surface area contributed by atoms with Gasteiger partial charge < -0.3 is 9.84 Å². The van der Waals surface area contributed by atoms with Crippen molar-refractivity contribution in [1.29, 1.82) is 0 Å². The van der Waals surface area contributed by atoms with Gasteiger partial charge in [0.1, 0.15) is 5.75 Å². The van der Waals surface area contributed by atoms with Crippen molar-refractivity contribution in [2.75, 3.05) is 39.8 Å². The molecule has 0 spiro atoms. The topological polar surface area (TPSA) is 35.9 Å². The molecule has 0 amide bonds. The number of hydrogen-bond acceptors (Lipinski definition) is 4. The second-order valence-corrected chi connectivity index (χ2v) is 5.74. The fourth-order valence-corrected chi connectivity index (χ4v) is 2.78. The normalized spacial score (nSPS) is 19.0. The zero-order valence-corrected chi connectivity index (χ0v) is 12.8. The summed E-state index contributed by atoms with van der Waals surface area (Å²) in [6.07, 6.45) is -0.238. The van der Waals surface area contributed by atoms with E-state index in [1.54, 1.807) is 7.11 Å². The first kappa shape index (κ1) is 15.3. The van der Waals surface area contributed by atoms with E-state index >= 15 is 0 Å².